The number of fused-ring (bicyclic) bond motifs is 1. The number of halogens is 2. The number of hydrogen-bond donors (Lipinski definition) is 2. The first kappa shape index (κ1) is 19.9. The van der Waals surface area contributed by atoms with Gasteiger partial charge in [0.2, 0.25) is 0 Å². The smallest absolute Gasteiger partial charge is 0.333 e. The number of aromatic nitrogens is 5. The summed E-state index contributed by atoms with van der Waals surface area (Å²) in [4.78, 5) is 12.3. The van der Waals surface area contributed by atoms with Gasteiger partial charge >= 0.3 is 6.55 Å². The van der Waals surface area contributed by atoms with Gasteiger partial charge in [-0.25, -0.2) is 14.6 Å². The number of anilines is 1. The molecule has 1 aromatic carbocycles. The molecule has 0 fully saturated rings. The normalized spacial score (nSPS) is 11.5. The average Bonchev–Trinajstić information content (AvgIpc) is 3.57. The summed E-state index contributed by atoms with van der Waals surface area (Å²) in [7, 11) is 0. The highest BCUT2D eigenvalue weighted by atomic mass is 19.3. The molecule has 0 atom stereocenters. The molecule has 5 rings (SSSR count). The van der Waals surface area contributed by atoms with Crippen LogP contribution in [-0.4, -0.2) is 24.7 Å². The largest absolute Gasteiger partial charge is 0.469 e. The van der Waals surface area contributed by atoms with Crippen LogP contribution in [0, 0.1) is 0 Å². The van der Waals surface area contributed by atoms with E-state index in [9.17, 15) is 8.78 Å². The minimum atomic E-state index is -2.64. The van der Waals surface area contributed by atoms with Crippen molar-refractivity contribution in [2.45, 2.75) is 25.9 Å². The molecular weight excluding hydrogens is 414 g/mol. The summed E-state index contributed by atoms with van der Waals surface area (Å²) in [6.45, 7) is -2.05. The number of pyridine rings is 1. The van der Waals surface area contributed by atoms with Gasteiger partial charge in [-0.15, -0.1) is 0 Å². The lowest BCUT2D eigenvalue weighted by atomic mass is 10.1. The Morgan fingerprint density at radius 1 is 1.06 bits per heavy atom. The van der Waals surface area contributed by atoms with Gasteiger partial charge in [-0.3, -0.25) is 0 Å². The Morgan fingerprint density at radius 3 is 2.69 bits per heavy atom. The standard InChI is InChI=1S/C23H20F2N6O/c24-23(25)31-14-17(13-28-31)16-5-3-15(4-6-16)12-27-19-9-10-26-22-21(19)29-20(30-22)8-7-18-2-1-11-32-18/h1-6,9-11,13-14,23H,7-8,12H2,(H2,26,27,29,30). The predicted octanol–water partition coefficient (Wildman–Crippen LogP) is 5.21. The fourth-order valence-electron chi connectivity index (χ4n) is 3.53. The third kappa shape index (κ3) is 4.22. The van der Waals surface area contributed by atoms with Gasteiger partial charge in [-0.1, -0.05) is 24.3 Å². The predicted molar refractivity (Wildman–Crippen MR) is 116 cm³/mol. The Morgan fingerprint density at radius 2 is 1.94 bits per heavy atom. The highest BCUT2D eigenvalue weighted by Gasteiger charge is 2.10. The van der Waals surface area contributed by atoms with Crippen LogP contribution in [0.15, 0.2) is 71.7 Å². The summed E-state index contributed by atoms with van der Waals surface area (Å²) in [6.07, 6.45) is 7.67. The number of alkyl halides is 2. The lowest BCUT2D eigenvalue weighted by Gasteiger charge is -2.08. The SMILES string of the molecule is FC(F)n1cc(-c2ccc(CNc3ccnc4nc(CCc5ccco5)[nH]c34)cc2)cn1. The van der Waals surface area contributed by atoms with Crippen LogP contribution in [0.1, 0.15) is 23.7 Å². The zero-order valence-corrected chi connectivity index (χ0v) is 17.0. The summed E-state index contributed by atoms with van der Waals surface area (Å²) in [6, 6.07) is 13.4. The average molecular weight is 434 g/mol. The maximum Gasteiger partial charge on any atom is 0.333 e. The molecule has 0 saturated carbocycles. The van der Waals surface area contributed by atoms with Crippen molar-refractivity contribution < 1.29 is 13.2 Å². The van der Waals surface area contributed by atoms with Crippen molar-refractivity contribution in [3.63, 3.8) is 0 Å². The fourth-order valence-corrected chi connectivity index (χ4v) is 3.53. The second-order valence-corrected chi connectivity index (χ2v) is 7.36. The first-order chi connectivity index (χ1) is 15.7. The molecule has 162 valence electrons. The van der Waals surface area contributed by atoms with E-state index in [0.29, 0.717) is 22.4 Å². The number of imidazole rings is 1. The molecule has 0 spiro atoms. The van der Waals surface area contributed by atoms with E-state index >= 15 is 0 Å². The molecule has 0 aliphatic rings. The highest BCUT2D eigenvalue weighted by Crippen LogP contribution is 2.23. The van der Waals surface area contributed by atoms with E-state index in [1.165, 1.54) is 12.4 Å². The van der Waals surface area contributed by atoms with E-state index in [2.05, 4.69) is 25.4 Å². The molecule has 7 nitrogen and oxygen atoms in total. The molecule has 0 aliphatic carbocycles. The van der Waals surface area contributed by atoms with Gasteiger partial charge < -0.3 is 14.7 Å². The zero-order chi connectivity index (χ0) is 21.9. The molecule has 0 unspecified atom stereocenters. The number of H-pyrrole nitrogens is 1. The zero-order valence-electron chi connectivity index (χ0n) is 17.0. The third-order valence-corrected chi connectivity index (χ3v) is 5.20. The number of nitrogens with zero attached hydrogens (tertiary/aromatic N) is 4. The molecular formula is C23H20F2N6O. The molecule has 4 aromatic heterocycles. The van der Waals surface area contributed by atoms with Crippen LogP contribution in [0.5, 0.6) is 0 Å². The van der Waals surface area contributed by atoms with Crippen LogP contribution in [0.3, 0.4) is 0 Å². The van der Waals surface area contributed by atoms with Crippen molar-refractivity contribution in [2.75, 3.05) is 5.32 Å². The summed E-state index contributed by atoms with van der Waals surface area (Å²) in [5.74, 6) is 1.77. The molecule has 9 heteroatoms. The van der Waals surface area contributed by atoms with E-state index in [1.807, 2.05) is 42.5 Å². The molecule has 0 bridgehead atoms. The highest BCUT2D eigenvalue weighted by molar-refractivity contribution is 5.85. The van der Waals surface area contributed by atoms with Crippen molar-refractivity contribution in [1.29, 1.82) is 0 Å². The van der Waals surface area contributed by atoms with Gasteiger partial charge in [-0.05, 0) is 29.3 Å². The molecule has 2 N–H and O–H groups in total. The van der Waals surface area contributed by atoms with Gasteiger partial charge in [0.1, 0.15) is 17.1 Å². The maximum atomic E-state index is 12.7. The topological polar surface area (TPSA) is 84.6 Å². The minimum Gasteiger partial charge on any atom is -0.469 e. The van der Waals surface area contributed by atoms with Crippen molar-refractivity contribution >= 4 is 16.9 Å². The molecule has 0 amide bonds. The Bertz CT molecular complexity index is 1310. The van der Waals surface area contributed by atoms with Crippen molar-refractivity contribution in [3.8, 4) is 11.1 Å². The Balaban J connectivity index is 1.26. The molecule has 0 aliphatic heterocycles. The molecule has 32 heavy (non-hydrogen) atoms. The van der Waals surface area contributed by atoms with Crippen molar-refractivity contribution in [2.24, 2.45) is 0 Å². The summed E-state index contributed by atoms with van der Waals surface area (Å²) in [5, 5.41) is 7.10. The summed E-state index contributed by atoms with van der Waals surface area (Å²) in [5.41, 5.74) is 4.97. The lowest BCUT2D eigenvalue weighted by Crippen LogP contribution is -2.00. The van der Waals surface area contributed by atoms with Crippen LogP contribution < -0.4 is 5.32 Å². The van der Waals surface area contributed by atoms with E-state index in [1.54, 1.807) is 12.5 Å². The second kappa shape index (κ2) is 8.62. The molecule has 5 aromatic rings. The van der Waals surface area contributed by atoms with Gasteiger partial charge in [0.15, 0.2) is 5.65 Å². The van der Waals surface area contributed by atoms with Crippen LogP contribution >= 0.6 is 0 Å². The monoisotopic (exact) mass is 434 g/mol. The number of aryl methyl sites for hydroxylation is 2. The Kier molecular flexibility index (Phi) is 5.37. The van der Waals surface area contributed by atoms with Gasteiger partial charge in [-0.2, -0.15) is 13.9 Å². The first-order valence-electron chi connectivity index (χ1n) is 10.2. The van der Waals surface area contributed by atoms with E-state index in [0.717, 1.165) is 46.8 Å². The number of nitrogens with one attached hydrogen (secondary N) is 2. The first-order valence-corrected chi connectivity index (χ1v) is 10.2. The second-order valence-electron chi connectivity index (χ2n) is 7.36. The van der Waals surface area contributed by atoms with E-state index in [-0.39, 0.29) is 0 Å². The van der Waals surface area contributed by atoms with Crippen LogP contribution in [-0.2, 0) is 19.4 Å². The minimum absolute atomic E-state index is 0.594. The maximum absolute atomic E-state index is 12.7. The van der Waals surface area contributed by atoms with Crippen LogP contribution in [0.25, 0.3) is 22.3 Å². The third-order valence-electron chi connectivity index (χ3n) is 5.20. The lowest BCUT2D eigenvalue weighted by molar-refractivity contribution is 0.0566. The molecule has 0 saturated heterocycles. The van der Waals surface area contributed by atoms with Gasteiger partial charge in [0.25, 0.3) is 0 Å². The van der Waals surface area contributed by atoms with Crippen LogP contribution in [0.4, 0.5) is 14.5 Å². The van der Waals surface area contributed by atoms with Gasteiger partial charge in [0.05, 0.1) is 18.1 Å². The number of aromatic amines is 1. The van der Waals surface area contributed by atoms with E-state index < -0.39 is 6.55 Å². The van der Waals surface area contributed by atoms with Gasteiger partial charge in [0, 0.05) is 37.3 Å². The fraction of sp³-hybridized carbons (Fsp3) is 0.174. The van der Waals surface area contributed by atoms with Crippen molar-refractivity contribution in [3.05, 3.63) is 84.5 Å². The number of rotatable bonds is 8. The number of benzene rings is 1. The van der Waals surface area contributed by atoms with E-state index in [4.69, 9.17) is 4.42 Å². The Hall–Kier alpha value is -4.01. The summed E-state index contributed by atoms with van der Waals surface area (Å²) < 4.78 is 31.5. The summed E-state index contributed by atoms with van der Waals surface area (Å²) >= 11 is 0. The molecule has 0 radical (unpaired) electrons. The van der Waals surface area contributed by atoms with Crippen molar-refractivity contribution in [1.82, 2.24) is 24.7 Å². The quantitative estimate of drug-likeness (QED) is 0.350. The van der Waals surface area contributed by atoms with Crippen LogP contribution in [0.2, 0.25) is 0 Å². The number of hydrogen-bond acceptors (Lipinski definition) is 5. The number of furan rings is 1. The molecule has 4 heterocycles. The Labute approximate surface area is 182 Å².